The summed E-state index contributed by atoms with van der Waals surface area (Å²) in [4.78, 5) is 0. The summed E-state index contributed by atoms with van der Waals surface area (Å²) in [7, 11) is -3.71. The van der Waals surface area contributed by atoms with Crippen LogP contribution in [-0.2, 0) is 22.9 Å². The molecule has 0 aromatic rings. The maximum atomic E-state index is 11.9. The molecule has 0 fully saturated rings. The third-order valence-corrected chi connectivity index (χ3v) is 3.05. The summed E-state index contributed by atoms with van der Waals surface area (Å²) in [5.74, 6) is -0.268. The normalized spacial score (nSPS) is 11.1. The molecule has 8 heteroatoms. The summed E-state index contributed by atoms with van der Waals surface area (Å²) in [5, 5.41) is 0. The predicted molar refractivity (Wildman–Crippen MR) is 62.3 cm³/mol. The van der Waals surface area contributed by atoms with Gasteiger partial charge in [0.2, 0.25) is 0 Å². The van der Waals surface area contributed by atoms with Gasteiger partial charge in [-0.2, -0.15) is 0 Å². The number of hydrogen-bond donors (Lipinski definition) is 0. The van der Waals surface area contributed by atoms with Crippen LogP contribution in [0.25, 0.3) is 0 Å². The van der Waals surface area contributed by atoms with E-state index < -0.39 is 7.82 Å². The van der Waals surface area contributed by atoms with Crippen LogP contribution in [0.15, 0.2) is 10.4 Å². The van der Waals surface area contributed by atoms with Crippen molar-refractivity contribution < 1.29 is 22.9 Å². The highest BCUT2D eigenvalue weighted by Crippen LogP contribution is 2.52. The number of hydrogen-bond acceptors (Lipinski definition) is 5. The van der Waals surface area contributed by atoms with E-state index in [2.05, 4.69) is 0 Å². The Hall–Kier alpha value is 0.0700. The van der Waals surface area contributed by atoms with Gasteiger partial charge in [-0.05, 0) is 20.8 Å². The van der Waals surface area contributed by atoms with Crippen LogP contribution in [0.3, 0.4) is 0 Å². The summed E-state index contributed by atoms with van der Waals surface area (Å²) in [6.07, 6.45) is 0. The molecule has 0 heterocycles. The number of phosphoric acid groups is 1. The Labute approximate surface area is 105 Å². The molecule has 0 bridgehead atoms. The molecule has 0 aromatic heterocycles. The van der Waals surface area contributed by atoms with Gasteiger partial charge in [-0.3, -0.25) is 9.05 Å². The molecule has 0 aromatic carbocycles. The van der Waals surface area contributed by atoms with Crippen LogP contribution in [0, 0.1) is 0 Å². The smallest absolute Gasteiger partial charge is 0.464 e. The fourth-order valence-electron chi connectivity index (χ4n) is 0.754. The van der Waals surface area contributed by atoms with Gasteiger partial charge in [-0.25, -0.2) is 4.57 Å². The highest BCUT2D eigenvalue weighted by atomic mass is 35.5. The van der Waals surface area contributed by atoms with Crippen molar-refractivity contribution in [2.75, 3.05) is 19.8 Å². The lowest BCUT2D eigenvalue weighted by molar-refractivity contribution is 0.0664. The van der Waals surface area contributed by atoms with Crippen molar-refractivity contribution in [1.29, 1.82) is 0 Å². The molecular weight excluding hydrogens is 278 g/mol. The minimum Gasteiger partial charge on any atom is -0.464 e. The molecule has 0 amide bonds. The highest BCUT2D eigenvalue weighted by molar-refractivity contribution is 7.48. The first-order valence-corrected chi connectivity index (χ1v) is 6.97. The molecule has 0 spiro atoms. The van der Waals surface area contributed by atoms with Crippen LogP contribution in [0.1, 0.15) is 20.8 Å². The number of ether oxygens (including phenoxy) is 1. The van der Waals surface area contributed by atoms with Gasteiger partial charge in [0.15, 0.2) is 4.49 Å². The maximum Gasteiger partial charge on any atom is 0.532 e. The van der Waals surface area contributed by atoms with Crippen molar-refractivity contribution in [2.24, 2.45) is 0 Å². The van der Waals surface area contributed by atoms with Gasteiger partial charge in [0.05, 0.1) is 19.8 Å². The van der Waals surface area contributed by atoms with Crippen LogP contribution in [0.4, 0.5) is 0 Å². The first-order chi connectivity index (χ1) is 7.49. The number of rotatable bonds is 8. The third kappa shape index (κ3) is 5.97. The van der Waals surface area contributed by atoms with E-state index in [9.17, 15) is 4.57 Å². The van der Waals surface area contributed by atoms with Gasteiger partial charge in [0, 0.05) is 0 Å². The molecule has 0 atom stereocenters. The summed E-state index contributed by atoms with van der Waals surface area (Å²) in [5.41, 5.74) is 0. The molecule has 5 nitrogen and oxygen atoms in total. The second kappa shape index (κ2) is 8.20. The minimum absolute atomic E-state index is 0.163. The molecule has 0 saturated heterocycles. The fourth-order valence-corrected chi connectivity index (χ4v) is 2.21. The lowest BCUT2D eigenvalue weighted by atomic mass is 10.8. The molecule has 0 aliphatic rings. The Morgan fingerprint density at radius 2 is 1.56 bits per heavy atom. The van der Waals surface area contributed by atoms with E-state index in [0.29, 0.717) is 0 Å². The summed E-state index contributed by atoms with van der Waals surface area (Å²) < 4.78 is 31.3. The summed E-state index contributed by atoms with van der Waals surface area (Å²) >= 11 is 11.0. The summed E-state index contributed by atoms with van der Waals surface area (Å²) in [6.45, 7) is 5.60. The van der Waals surface area contributed by atoms with E-state index in [1.807, 2.05) is 0 Å². The van der Waals surface area contributed by atoms with Gasteiger partial charge >= 0.3 is 13.8 Å². The standard InChI is InChI=1S/C8H15Cl2O5P/c1-4-12-8(7(9)10)15-16(11,13-5-2)14-6-3/h4-6H2,1-3H3. The van der Waals surface area contributed by atoms with Crippen molar-refractivity contribution in [1.82, 2.24) is 0 Å². The van der Waals surface area contributed by atoms with Crippen LogP contribution >= 0.6 is 31.0 Å². The SMILES string of the molecule is CCOC(OP(=O)(OCC)OCC)=C(Cl)Cl. The molecular formula is C8H15Cl2O5P. The lowest BCUT2D eigenvalue weighted by Gasteiger charge is -2.18. The van der Waals surface area contributed by atoms with E-state index in [4.69, 9.17) is 41.5 Å². The first kappa shape index (κ1) is 16.1. The second-order valence-corrected chi connectivity index (χ2v) is 4.90. The topological polar surface area (TPSA) is 54.0 Å². The Bertz CT molecular complexity index is 268. The Balaban J connectivity index is 4.71. The molecule has 0 aliphatic carbocycles. The van der Waals surface area contributed by atoms with E-state index in [1.165, 1.54) is 0 Å². The molecule has 96 valence electrons. The lowest BCUT2D eigenvalue weighted by Crippen LogP contribution is -2.03. The highest BCUT2D eigenvalue weighted by Gasteiger charge is 2.30. The summed E-state index contributed by atoms with van der Waals surface area (Å²) in [6, 6.07) is 0. The molecule has 0 radical (unpaired) electrons. The van der Waals surface area contributed by atoms with Crippen LogP contribution in [0.2, 0.25) is 0 Å². The van der Waals surface area contributed by atoms with E-state index >= 15 is 0 Å². The largest absolute Gasteiger partial charge is 0.532 e. The van der Waals surface area contributed by atoms with Gasteiger partial charge in [-0.15, -0.1) is 0 Å². The van der Waals surface area contributed by atoms with E-state index in [0.717, 1.165) is 0 Å². The van der Waals surface area contributed by atoms with Crippen LogP contribution < -0.4 is 0 Å². The Kier molecular flexibility index (Phi) is 8.24. The average molecular weight is 293 g/mol. The zero-order chi connectivity index (χ0) is 12.6. The number of halogens is 2. The average Bonchev–Trinajstić information content (AvgIpc) is 2.17. The van der Waals surface area contributed by atoms with Gasteiger partial charge < -0.3 is 9.26 Å². The quantitative estimate of drug-likeness (QED) is 0.503. The third-order valence-electron chi connectivity index (χ3n) is 1.20. The maximum absolute atomic E-state index is 11.9. The number of phosphoric ester groups is 1. The Morgan fingerprint density at radius 3 is 1.88 bits per heavy atom. The zero-order valence-corrected chi connectivity index (χ0v) is 11.8. The van der Waals surface area contributed by atoms with Gasteiger partial charge in [-0.1, -0.05) is 23.2 Å². The van der Waals surface area contributed by atoms with E-state index in [-0.39, 0.29) is 30.3 Å². The predicted octanol–water partition coefficient (Wildman–Crippen LogP) is 3.82. The van der Waals surface area contributed by atoms with Crippen molar-refractivity contribution in [3.63, 3.8) is 0 Å². The molecule has 0 N–H and O–H groups in total. The van der Waals surface area contributed by atoms with Gasteiger partial charge in [0.25, 0.3) is 0 Å². The van der Waals surface area contributed by atoms with Crippen molar-refractivity contribution in [2.45, 2.75) is 20.8 Å². The van der Waals surface area contributed by atoms with Crippen LogP contribution in [0.5, 0.6) is 0 Å². The van der Waals surface area contributed by atoms with Gasteiger partial charge in [0.1, 0.15) is 0 Å². The van der Waals surface area contributed by atoms with Crippen molar-refractivity contribution in [3.05, 3.63) is 10.4 Å². The first-order valence-electron chi connectivity index (χ1n) is 4.75. The van der Waals surface area contributed by atoms with Crippen molar-refractivity contribution >= 4 is 31.0 Å². The second-order valence-electron chi connectivity index (χ2n) is 2.35. The zero-order valence-electron chi connectivity index (χ0n) is 9.37. The fraction of sp³-hybridized carbons (Fsp3) is 0.750. The molecule has 16 heavy (non-hydrogen) atoms. The van der Waals surface area contributed by atoms with Crippen molar-refractivity contribution in [3.8, 4) is 0 Å². The Morgan fingerprint density at radius 1 is 1.06 bits per heavy atom. The monoisotopic (exact) mass is 292 g/mol. The molecule has 0 saturated carbocycles. The molecule has 0 unspecified atom stereocenters. The molecule has 0 aliphatic heterocycles. The minimum atomic E-state index is -3.71. The van der Waals surface area contributed by atoms with E-state index in [1.54, 1.807) is 20.8 Å². The molecule has 0 rings (SSSR count). The van der Waals surface area contributed by atoms with Crippen LogP contribution in [-0.4, -0.2) is 19.8 Å².